The second-order valence-corrected chi connectivity index (χ2v) is 23.2. The molecular formula is C70H115NO18. The average molecular weight is 1260 g/mol. The van der Waals surface area contributed by atoms with Crippen LogP contribution in [-0.2, 0) is 33.2 Å². The topological polar surface area (TPSA) is 307 Å². The number of carbonyl (C=O) groups excluding carboxylic acids is 1. The van der Waals surface area contributed by atoms with Gasteiger partial charge in [0.15, 0.2) is 18.9 Å². The standard InChI is InChI=1S/C70H115NO18/c1-3-5-7-9-11-13-15-17-19-21-22-23-24-25-26-27-28-29-30-32-34-36-38-40-42-44-46-48-58(76)71-53(54(75)47-45-43-41-39-37-35-33-31-20-18-16-14-12-10-8-6-4-2)52-84-68-64(82)61(79)66(56(50-73)86-68)89-70-65(83)62(80)67(57(51-74)87-70)88-69-63(81)60(78)59(77)55(49-72)85-69/h5,7,11,13,17,19,22-23,25-26,28-29,32,34,37-40,45,47,53-57,59-70,72-75,77-83H,3-4,6,8-10,12,14-16,18,20-21,24,27,30-31,33,35-36,41-44,46,48-52H2,1-2H3,(H,71,76)/b7-5-,13-11-,19-17-,23-22-,26-25-,29-28-,34-32-,39-37+,40-38-,47-45+. The molecule has 3 rings (SSSR count). The van der Waals surface area contributed by atoms with Crippen molar-refractivity contribution in [2.45, 2.75) is 285 Å². The summed E-state index contributed by atoms with van der Waals surface area (Å²) in [5.74, 6) is -0.334. The Labute approximate surface area is 531 Å². The van der Waals surface area contributed by atoms with Crippen LogP contribution in [0.5, 0.6) is 0 Å². The minimum absolute atomic E-state index is 0.172. The lowest BCUT2D eigenvalue weighted by molar-refractivity contribution is -0.379. The lowest BCUT2D eigenvalue weighted by Gasteiger charge is -2.48. The molecule has 19 nitrogen and oxygen atoms in total. The molecule has 17 atom stereocenters. The second-order valence-electron chi connectivity index (χ2n) is 23.2. The van der Waals surface area contributed by atoms with Gasteiger partial charge < -0.3 is 89.9 Å². The molecule has 0 saturated carbocycles. The molecule has 0 radical (unpaired) electrons. The SMILES string of the molecule is CC/C=C\C/C=C\C/C=C\C/C=C\C/C=C\C/C=C\C/C=C\C/C=C\CCCCC(=O)NC(COC1OC(CO)C(OC2OC(CO)C(OC3OC(CO)C(O)C(O)C3O)C(O)C2O)C(O)C1O)C(O)/C=C/CC/C=C/CCCCCCCCCCCCC. The quantitative estimate of drug-likeness (QED) is 0.0203. The highest BCUT2D eigenvalue weighted by molar-refractivity contribution is 5.76. The fourth-order valence-corrected chi connectivity index (χ4v) is 10.3. The number of aliphatic hydroxyl groups excluding tert-OH is 11. The predicted octanol–water partition coefficient (Wildman–Crippen LogP) is 8.04. The van der Waals surface area contributed by atoms with Crippen LogP contribution in [0.2, 0.25) is 0 Å². The Bertz CT molecular complexity index is 2090. The Morgan fingerprint density at radius 1 is 0.416 bits per heavy atom. The number of ether oxygens (including phenoxy) is 6. The number of amides is 1. The highest BCUT2D eigenvalue weighted by atomic mass is 16.8. The van der Waals surface area contributed by atoms with E-state index in [9.17, 15) is 61.0 Å². The summed E-state index contributed by atoms with van der Waals surface area (Å²) >= 11 is 0. The molecule has 0 aromatic heterocycles. The summed E-state index contributed by atoms with van der Waals surface area (Å²) in [6, 6.07) is -1.02. The van der Waals surface area contributed by atoms with Gasteiger partial charge >= 0.3 is 0 Å². The zero-order chi connectivity index (χ0) is 64.7. The van der Waals surface area contributed by atoms with Crippen molar-refractivity contribution in [3.63, 3.8) is 0 Å². The van der Waals surface area contributed by atoms with Crippen molar-refractivity contribution in [3.05, 3.63) is 122 Å². The molecular weight excluding hydrogens is 1140 g/mol. The Kier molecular flexibility index (Phi) is 45.3. The van der Waals surface area contributed by atoms with Gasteiger partial charge in [-0.2, -0.15) is 0 Å². The molecule has 0 aromatic carbocycles. The molecule has 0 bridgehead atoms. The van der Waals surface area contributed by atoms with E-state index in [1.807, 2.05) is 6.08 Å². The van der Waals surface area contributed by atoms with Crippen LogP contribution in [0.3, 0.4) is 0 Å². The van der Waals surface area contributed by atoms with Crippen LogP contribution in [-0.4, -0.2) is 193 Å². The van der Waals surface area contributed by atoms with E-state index in [1.165, 1.54) is 64.2 Å². The van der Waals surface area contributed by atoms with Crippen molar-refractivity contribution in [1.82, 2.24) is 5.32 Å². The van der Waals surface area contributed by atoms with E-state index < -0.39 is 131 Å². The summed E-state index contributed by atoms with van der Waals surface area (Å²) in [6.07, 6.45) is 41.7. The summed E-state index contributed by atoms with van der Waals surface area (Å²) in [5, 5.41) is 120. The number of carbonyl (C=O) groups is 1. The monoisotopic (exact) mass is 1260 g/mol. The third-order valence-corrected chi connectivity index (χ3v) is 15.7. The van der Waals surface area contributed by atoms with Gasteiger partial charge in [0, 0.05) is 6.42 Å². The molecule has 0 spiro atoms. The van der Waals surface area contributed by atoms with Crippen molar-refractivity contribution in [3.8, 4) is 0 Å². The van der Waals surface area contributed by atoms with Crippen molar-refractivity contribution in [2.24, 2.45) is 0 Å². The summed E-state index contributed by atoms with van der Waals surface area (Å²) in [5.41, 5.74) is 0. The molecule has 3 fully saturated rings. The van der Waals surface area contributed by atoms with Gasteiger partial charge in [0.2, 0.25) is 5.91 Å². The summed E-state index contributed by atoms with van der Waals surface area (Å²) in [4.78, 5) is 13.4. The number of hydrogen-bond acceptors (Lipinski definition) is 18. The van der Waals surface area contributed by atoms with Gasteiger partial charge in [0.25, 0.3) is 0 Å². The van der Waals surface area contributed by atoms with E-state index in [0.29, 0.717) is 12.8 Å². The van der Waals surface area contributed by atoms with Gasteiger partial charge in [-0.1, -0.05) is 200 Å². The van der Waals surface area contributed by atoms with Crippen LogP contribution in [0.15, 0.2) is 122 Å². The van der Waals surface area contributed by atoms with E-state index in [-0.39, 0.29) is 12.3 Å². The van der Waals surface area contributed by atoms with Gasteiger partial charge in [-0.15, -0.1) is 0 Å². The molecule has 17 unspecified atom stereocenters. The Morgan fingerprint density at radius 2 is 0.787 bits per heavy atom. The predicted molar refractivity (Wildman–Crippen MR) is 346 cm³/mol. The van der Waals surface area contributed by atoms with Crippen LogP contribution in [0.25, 0.3) is 0 Å². The first kappa shape index (κ1) is 79.4. The normalized spacial score (nSPS) is 29.0. The zero-order valence-corrected chi connectivity index (χ0v) is 53.4. The third-order valence-electron chi connectivity index (χ3n) is 15.7. The molecule has 3 heterocycles. The highest BCUT2D eigenvalue weighted by Crippen LogP contribution is 2.33. The fraction of sp³-hybridized carbons (Fsp3) is 0.700. The fourth-order valence-electron chi connectivity index (χ4n) is 10.3. The lowest BCUT2D eigenvalue weighted by atomic mass is 9.96. The van der Waals surface area contributed by atoms with Crippen molar-refractivity contribution >= 4 is 5.91 Å². The van der Waals surface area contributed by atoms with E-state index in [1.54, 1.807) is 6.08 Å². The molecule has 19 heteroatoms. The molecule has 3 saturated heterocycles. The first-order valence-corrected chi connectivity index (χ1v) is 33.3. The molecule has 1 amide bonds. The van der Waals surface area contributed by atoms with E-state index >= 15 is 0 Å². The van der Waals surface area contributed by atoms with Crippen molar-refractivity contribution in [2.75, 3.05) is 26.4 Å². The Morgan fingerprint density at radius 3 is 1.26 bits per heavy atom. The van der Waals surface area contributed by atoms with Gasteiger partial charge in [-0.3, -0.25) is 4.79 Å². The molecule has 0 aromatic rings. The number of hydrogen-bond donors (Lipinski definition) is 12. The number of nitrogens with one attached hydrogen (secondary N) is 1. The lowest BCUT2D eigenvalue weighted by Crippen LogP contribution is -2.66. The van der Waals surface area contributed by atoms with Crippen LogP contribution in [0.4, 0.5) is 0 Å². The van der Waals surface area contributed by atoms with E-state index in [2.05, 4.69) is 129 Å². The number of aliphatic hydroxyl groups is 11. The van der Waals surface area contributed by atoms with Crippen molar-refractivity contribution in [1.29, 1.82) is 0 Å². The molecule has 3 aliphatic heterocycles. The molecule has 0 aliphatic carbocycles. The molecule has 12 N–H and O–H groups in total. The first-order chi connectivity index (χ1) is 43.3. The van der Waals surface area contributed by atoms with Crippen LogP contribution in [0, 0.1) is 0 Å². The summed E-state index contributed by atoms with van der Waals surface area (Å²) in [7, 11) is 0. The zero-order valence-electron chi connectivity index (χ0n) is 53.4. The maximum absolute atomic E-state index is 13.4. The second kappa shape index (κ2) is 50.7. The van der Waals surface area contributed by atoms with E-state index in [4.69, 9.17) is 28.4 Å². The number of unbranched alkanes of at least 4 members (excludes halogenated alkanes) is 14. The minimum atomic E-state index is -1.99. The van der Waals surface area contributed by atoms with Crippen LogP contribution >= 0.6 is 0 Å². The maximum Gasteiger partial charge on any atom is 0.220 e. The summed E-state index contributed by atoms with van der Waals surface area (Å²) < 4.78 is 34.3. The molecule has 508 valence electrons. The van der Waals surface area contributed by atoms with Crippen molar-refractivity contribution < 1.29 is 89.4 Å². The average Bonchev–Trinajstić information content (AvgIpc) is 2.46. The van der Waals surface area contributed by atoms with Crippen LogP contribution in [0.1, 0.15) is 181 Å². The number of rotatable bonds is 48. The smallest absolute Gasteiger partial charge is 0.220 e. The number of allylic oxidation sites excluding steroid dienone is 19. The van der Waals surface area contributed by atoms with Crippen LogP contribution < -0.4 is 5.32 Å². The Balaban J connectivity index is 1.48. The molecule has 3 aliphatic rings. The van der Waals surface area contributed by atoms with Gasteiger partial charge in [0.1, 0.15) is 73.2 Å². The Hall–Kier alpha value is -3.81. The van der Waals surface area contributed by atoms with Gasteiger partial charge in [0.05, 0.1) is 38.6 Å². The largest absolute Gasteiger partial charge is 0.394 e. The molecule has 89 heavy (non-hydrogen) atoms. The van der Waals surface area contributed by atoms with Gasteiger partial charge in [-0.25, -0.2) is 0 Å². The first-order valence-electron chi connectivity index (χ1n) is 33.3. The highest BCUT2D eigenvalue weighted by Gasteiger charge is 2.53. The minimum Gasteiger partial charge on any atom is -0.394 e. The summed E-state index contributed by atoms with van der Waals surface area (Å²) in [6.45, 7) is 1.54. The van der Waals surface area contributed by atoms with E-state index in [0.717, 1.165) is 83.5 Å². The third kappa shape index (κ3) is 33.0. The van der Waals surface area contributed by atoms with Gasteiger partial charge in [-0.05, 0) is 96.3 Å². The maximum atomic E-state index is 13.4.